The molecule has 7 nitrogen and oxygen atoms in total. The number of nitrogens with one attached hydrogen (secondary N) is 2. The van der Waals surface area contributed by atoms with Crippen LogP contribution in [0.25, 0.3) is 0 Å². The van der Waals surface area contributed by atoms with Crippen LogP contribution in [0.3, 0.4) is 0 Å². The van der Waals surface area contributed by atoms with E-state index in [0.717, 1.165) is 37.7 Å². The molecule has 0 aliphatic carbocycles. The molecule has 32 heavy (non-hydrogen) atoms. The van der Waals surface area contributed by atoms with Crippen LogP contribution in [-0.4, -0.2) is 42.2 Å². The molecule has 1 fully saturated rings. The van der Waals surface area contributed by atoms with Crippen molar-refractivity contribution in [3.8, 4) is 0 Å². The van der Waals surface area contributed by atoms with Crippen LogP contribution in [-0.2, 0) is 5.41 Å². The Morgan fingerprint density at radius 1 is 0.844 bits per heavy atom. The van der Waals surface area contributed by atoms with Crippen LogP contribution in [0.15, 0.2) is 67.0 Å². The number of hydrogen-bond acceptors (Lipinski definition) is 5. The van der Waals surface area contributed by atoms with Gasteiger partial charge in [-0.2, -0.15) is 0 Å². The van der Waals surface area contributed by atoms with Crippen molar-refractivity contribution >= 4 is 29.0 Å². The molecule has 2 N–H and O–H groups in total. The zero-order chi connectivity index (χ0) is 22.6. The average molecular weight is 431 g/mol. The maximum Gasteiger partial charge on any atom is 0.324 e. The Balaban J connectivity index is 1.33. The van der Waals surface area contributed by atoms with Crippen LogP contribution in [0.2, 0.25) is 0 Å². The normalized spacial score (nSPS) is 14.2. The number of nitrogens with zero attached hydrogens (tertiary/aromatic N) is 4. The highest BCUT2D eigenvalue weighted by Crippen LogP contribution is 2.24. The Labute approximate surface area is 189 Å². The topological polar surface area (TPSA) is 73.4 Å². The minimum absolute atomic E-state index is 0.0741. The van der Waals surface area contributed by atoms with Gasteiger partial charge in [0.25, 0.3) is 0 Å². The number of urea groups is 1. The summed E-state index contributed by atoms with van der Waals surface area (Å²) < 4.78 is 0. The van der Waals surface area contributed by atoms with E-state index >= 15 is 0 Å². The van der Waals surface area contributed by atoms with Crippen LogP contribution in [0.5, 0.6) is 0 Å². The van der Waals surface area contributed by atoms with E-state index in [1.165, 1.54) is 17.6 Å². The molecule has 1 aromatic heterocycles. The molecule has 0 atom stereocenters. The van der Waals surface area contributed by atoms with Gasteiger partial charge < -0.3 is 15.1 Å². The predicted molar refractivity (Wildman–Crippen MR) is 131 cm³/mol. The molecule has 0 bridgehead atoms. The largest absolute Gasteiger partial charge is 0.368 e. The van der Waals surface area contributed by atoms with Gasteiger partial charge in [0.05, 0.1) is 0 Å². The molecule has 7 heteroatoms. The van der Waals surface area contributed by atoms with E-state index in [-0.39, 0.29) is 11.4 Å². The molecule has 0 saturated carbocycles. The first-order valence-corrected chi connectivity index (χ1v) is 10.9. The number of anilines is 4. The Bertz CT molecular complexity index is 1040. The fourth-order valence-electron chi connectivity index (χ4n) is 3.75. The fourth-order valence-corrected chi connectivity index (χ4v) is 3.75. The Kier molecular flexibility index (Phi) is 6.25. The summed E-state index contributed by atoms with van der Waals surface area (Å²) in [4.78, 5) is 25.7. The molecule has 1 saturated heterocycles. The third kappa shape index (κ3) is 5.35. The summed E-state index contributed by atoms with van der Waals surface area (Å²) >= 11 is 0. The number of para-hydroxylation sites is 1. The number of carbonyl (C=O) groups is 1. The minimum Gasteiger partial charge on any atom is -0.368 e. The zero-order valence-electron chi connectivity index (χ0n) is 18.9. The maximum absolute atomic E-state index is 12.4. The lowest BCUT2D eigenvalue weighted by Crippen LogP contribution is -2.46. The quantitative estimate of drug-likeness (QED) is 0.625. The molecule has 1 aliphatic rings. The number of amides is 2. The smallest absolute Gasteiger partial charge is 0.324 e. The lowest BCUT2D eigenvalue weighted by atomic mass is 9.87. The summed E-state index contributed by atoms with van der Waals surface area (Å²) in [5.41, 5.74) is 3.27. The molecule has 4 rings (SSSR count). The van der Waals surface area contributed by atoms with E-state index < -0.39 is 0 Å². The Hall–Kier alpha value is -3.61. The van der Waals surface area contributed by atoms with Gasteiger partial charge in [-0.05, 0) is 35.2 Å². The molecule has 1 aliphatic heterocycles. The number of rotatable bonds is 4. The molecule has 2 aromatic carbocycles. The van der Waals surface area contributed by atoms with Crippen LogP contribution >= 0.6 is 0 Å². The van der Waals surface area contributed by atoms with Gasteiger partial charge in [-0.3, -0.25) is 5.32 Å². The molecular weight excluding hydrogens is 400 g/mol. The first-order valence-electron chi connectivity index (χ1n) is 10.9. The van der Waals surface area contributed by atoms with Crippen LogP contribution in [0, 0.1) is 0 Å². The van der Waals surface area contributed by atoms with Crippen molar-refractivity contribution in [1.29, 1.82) is 0 Å². The SMILES string of the molecule is CC(C)(C)c1ccc(NC(=O)Nc2cc(N3CCN(c4ccccc4)CC3)ncn2)cc1. The first-order chi connectivity index (χ1) is 15.4. The van der Waals surface area contributed by atoms with Gasteiger partial charge in [0.2, 0.25) is 0 Å². The van der Waals surface area contributed by atoms with E-state index in [1.807, 2.05) is 36.4 Å². The Morgan fingerprint density at radius 3 is 2.16 bits per heavy atom. The highest BCUT2D eigenvalue weighted by atomic mass is 16.2. The summed E-state index contributed by atoms with van der Waals surface area (Å²) in [6.07, 6.45) is 1.49. The van der Waals surface area contributed by atoms with E-state index in [2.05, 4.69) is 75.4 Å². The van der Waals surface area contributed by atoms with Crippen molar-refractivity contribution in [3.05, 3.63) is 72.6 Å². The first kappa shape index (κ1) is 21.6. The van der Waals surface area contributed by atoms with Crippen LogP contribution in [0.4, 0.5) is 27.8 Å². The third-order valence-electron chi connectivity index (χ3n) is 5.63. The molecule has 0 spiro atoms. The van der Waals surface area contributed by atoms with E-state index in [1.54, 1.807) is 0 Å². The molecule has 0 radical (unpaired) electrons. The number of carbonyl (C=O) groups excluding carboxylic acids is 1. The van der Waals surface area contributed by atoms with Crippen molar-refractivity contribution in [1.82, 2.24) is 9.97 Å². The third-order valence-corrected chi connectivity index (χ3v) is 5.63. The maximum atomic E-state index is 12.4. The number of piperazine rings is 1. The highest BCUT2D eigenvalue weighted by molar-refractivity contribution is 5.99. The summed E-state index contributed by atoms with van der Waals surface area (Å²) in [5, 5.41) is 5.67. The zero-order valence-corrected chi connectivity index (χ0v) is 18.9. The second-order valence-electron chi connectivity index (χ2n) is 8.98. The van der Waals surface area contributed by atoms with Crippen LogP contribution in [0.1, 0.15) is 26.3 Å². The lowest BCUT2D eigenvalue weighted by Gasteiger charge is -2.36. The summed E-state index contributed by atoms with van der Waals surface area (Å²) in [6.45, 7) is 10.0. The van der Waals surface area contributed by atoms with Gasteiger partial charge in [0.1, 0.15) is 18.0 Å². The highest BCUT2D eigenvalue weighted by Gasteiger charge is 2.19. The van der Waals surface area contributed by atoms with Gasteiger partial charge >= 0.3 is 6.03 Å². The standard InChI is InChI=1S/C25H30N6O/c1-25(2,3)19-9-11-20(12-10-19)28-24(32)29-22-17-23(27-18-26-22)31-15-13-30(14-16-31)21-7-5-4-6-8-21/h4-12,17-18H,13-16H2,1-3H3,(H2,26,27,28,29,32). The van der Waals surface area contributed by atoms with Crippen molar-refractivity contribution in [2.24, 2.45) is 0 Å². The average Bonchev–Trinajstić information content (AvgIpc) is 2.80. The Morgan fingerprint density at radius 2 is 1.50 bits per heavy atom. The summed E-state index contributed by atoms with van der Waals surface area (Å²) in [6, 6.07) is 19.8. The van der Waals surface area contributed by atoms with Gasteiger partial charge in [0.15, 0.2) is 0 Å². The van der Waals surface area contributed by atoms with Gasteiger partial charge in [-0.1, -0.05) is 51.1 Å². The second kappa shape index (κ2) is 9.26. The number of benzene rings is 2. The molecule has 3 aromatic rings. The van der Waals surface area contributed by atoms with Gasteiger partial charge in [-0.25, -0.2) is 14.8 Å². The van der Waals surface area contributed by atoms with Crippen molar-refractivity contribution in [2.45, 2.75) is 26.2 Å². The fraction of sp³-hybridized carbons (Fsp3) is 0.320. The molecule has 166 valence electrons. The minimum atomic E-state index is -0.327. The monoisotopic (exact) mass is 430 g/mol. The van der Waals surface area contributed by atoms with E-state index in [4.69, 9.17) is 0 Å². The number of aromatic nitrogens is 2. The van der Waals surface area contributed by atoms with Gasteiger partial charge in [-0.15, -0.1) is 0 Å². The van der Waals surface area contributed by atoms with E-state index in [9.17, 15) is 4.79 Å². The van der Waals surface area contributed by atoms with Crippen molar-refractivity contribution in [3.63, 3.8) is 0 Å². The van der Waals surface area contributed by atoms with Crippen LogP contribution < -0.4 is 20.4 Å². The van der Waals surface area contributed by atoms with Crippen molar-refractivity contribution < 1.29 is 4.79 Å². The number of hydrogen-bond donors (Lipinski definition) is 2. The molecule has 0 unspecified atom stereocenters. The van der Waals surface area contributed by atoms with Gasteiger partial charge in [0, 0.05) is 43.6 Å². The lowest BCUT2D eigenvalue weighted by molar-refractivity contribution is 0.262. The molecular formula is C25H30N6O. The van der Waals surface area contributed by atoms with Crippen molar-refractivity contribution in [2.75, 3.05) is 46.6 Å². The summed E-state index contributed by atoms with van der Waals surface area (Å²) in [7, 11) is 0. The second-order valence-corrected chi connectivity index (χ2v) is 8.98. The molecule has 2 amide bonds. The molecule has 2 heterocycles. The summed E-state index contributed by atoms with van der Waals surface area (Å²) in [5.74, 6) is 1.29. The predicted octanol–water partition coefficient (Wildman–Crippen LogP) is 4.74. The van der Waals surface area contributed by atoms with E-state index in [0.29, 0.717) is 5.82 Å².